The van der Waals surface area contributed by atoms with Crippen LogP contribution in [0.15, 0.2) is 72.8 Å². The predicted octanol–water partition coefficient (Wildman–Crippen LogP) is 4.20. The molecule has 3 aromatic carbocycles. The predicted molar refractivity (Wildman–Crippen MR) is 155 cm³/mol. The summed E-state index contributed by atoms with van der Waals surface area (Å²) in [7, 11) is -2.44. The van der Waals surface area contributed by atoms with Crippen molar-refractivity contribution in [1.29, 1.82) is 0 Å². The SMILES string of the molecule is CCNC(=O)[C@@H](Cc1ccccc1)N(Cc1cccc(C)c1)C(=O)CN(c1ccc(OC)c(Cl)c1)S(C)(=O)=O. The molecule has 1 N–H and O–H groups in total. The molecule has 0 aliphatic rings. The van der Waals surface area contributed by atoms with Gasteiger partial charge in [0.2, 0.25) is 21.8 Å². The van der Waals surface area contributed by atoms with Crippen molar-refractivity contribution in [3.05, 3.63) is 94.5 Å². The fourth-order valence-corrected chi connectivity index (χ4v) is 5.37. The van der Waals surface area contributed by atoms with Crippen LogP contribution in [0.3, 0.4) is 0 Å². The molecule has 1 atom stereocenters. The van der Waals surface area contributed by atoms with Gasteiger partial charge in [-0.2, -0.15) is 0 Å². The van der Waals surface area contributed by atoms with Crippen LogP contribution in [0.5, 0.6) is 5.75 Å². The van der Waals surface area contributed by atoms with Crippen LogP contribution in [0.4, 0.5) is 5.69 Å². The number of benzene rings is 3. The Labute approximate surface area is 235 Å². The molecule has 0 saturated heterocycles. The summed E-state index contributed by atoms with van der Waals surface area (Å²) in [5.74, 6) is -0.470. The van der Waals surface area contributed by atoms with E-state index in [4.69, 9.17) is 16.3 Å². The van der Waals surface area contributed by atoms with Crippen LogP contribution < -0.4 is 14.4 Å². The average molecular weight is 572 g/mol. The number of hydrogen-bond acceptors (Lipinski definition) is 5. The van der Waals surface area contributed by atoms with E-state index in [2.05, 4.69) is 5.32 Å². The second kappa shape index (κ2) is 13.5. The number of hydrogen-bond donors (Lipinski definition) is 1. The summed E-state index contributed by atoms with van der Waals surface area (Å²) in [4.78, 5) is 28.8. The molecule has 0 bridgehead atoms. The monoisotopic (exact) mass is 571 g/mol. The third-order valence-corrected chi connectivity index (χ3v) is 7.60. The Balaban J connectivity index is 2.05. The highest BCUT2D eigenvalue weighted by atomic mass is 35.5. The van der Waals surface area contributed by atoms with Crippen molar-refractivity contribution in [1.82, 2.24) is 10.2 Å². The van der Waals surface area contributed by atoms with Crippen LogP contribution in [0.25, 0.3) is 0 Å². The minimum absolute atomic E-state index is 0.121. The van der Waals surface area contributed by atoms with Gasteiger partial charge in [0, 0.05) is 19.5 Å². The van der Waals surface area contributed by atoms with Crippen LogP contribution in [-0.2, 0) is 32.6 Å². The molecule has 0 fully saturated rings. The first-order chi connectivity index (χ1) is 18.5. The Morgan fingerprint density at radius 3 is 2.28 bits per heavy atom. The first-order valence-electron chi connectivity index (χ1n) is 12.5. The molecule has 0 radical (unpaired) electrons. The van der Waals surface area contributed by atoms with Crippen molar-refractivity contribution in [3.8, 4) is 5.75 Å². The van der Waals surface area contributed by atoms with E-state index >= 15 is 0 Å². The zero-order valence-corrected chi connectivity index (χ0v) is 24.1. The summed E-state index contributed by atoms with van der Waals surface area (Å²) in [6.45, 7) is 3.74. The molecular weight excluding hydrogens is 538 g/mol. The highest BCUT2D eigenvalue weighted by Gasteiger charge is 2.33. The summed E-state index contributed by atoms with van der Waals surface area (Å²) in [5, 5.41) is 3.04. The quantitative estimate of drug-likeness (QED) is 0.351. The zero-order chi connectivity index (χ0) is 28.6. The zero-order valence-electron chi connectivity index (χ0n) is 22.6. The minimum atomic E-state index is -3.89. The molecule has 0 aliphatic carbocycles. The molecule has 8 nitrogen and oxygen atoms in total. The third kappa shape index (κ3) is 8.21. The largest absolute Gasteiger partial charge is 0.495 e. The summed E-state index contributed by atoms with van der Waals surface area (Å²) in [6.07, 6.45) is 1.28. The van der Waals surface area contributed by atoms with Gasteiger partial charge >= 0.3 is 0 Å². The molecule has 10 heteroatoms. The molecule has 0 unspecified atom stereocenters. The van der Waals surface area contributed by atoms with Gasteiger partial charge in [-0.1, -0.05) is 71.8 Å². The number of carbonyl (C=O) groups excluding carboxylic acids is 2. The molecule has 0 aliphatic heterocycles. The highest BCUT2D eigenvalue weighted by molar-refractivity contribution is 7.92. The molecule has 3 rings (SSSR count). The number of halogens is 1. The van der Waals surface area contributed by atoms with E-state index in [9.17, 15) is 18.0 Å². The Bertz CT molecular complexity index is 1400. The second-order valence-electron chi connectivity index (χ2n) is 9.20. The average Bonchev–Trinajstić information content (AvgIpc) is 2.89. The van der Waals surface area contributed by atoms with E-state index in [1.54, 1.807) is 0 Å². The maximum atomic E-state index is 14.0. The first-order valence-corrected chi connectivity index (χ1v) is 14.7. The maximum Gasteiger partial charge on any atom is 0.244 e. The molecule has 3 aromatic rings. The molecular formula is C29H34ClN3O5S. The fourth-order valence-electron chi connectivity index (χ4n) is 4.28. The lowest BCUT2D eigenvalue weighted by Gasteiger charge is -2.33. The minimum Gasteiger partial charge on any atom is -0.495 e. The van der Waals surface area contributed by atoms with Gasteiger partial charge in [-0.15, -0.1) is 0 Å². The molecule has 0 spiro atoms. The summed E-state index contributed by atoms with van der Waals surface area (Å²) in [6, 6.07) is 20.7. The number of likely N-dealkylation sites (N-methyl/N-ethyl adjacent to an activating group) is 1. The summed E-state index contributed by atoms with van der Waals surface area (Å²) >= 11 is 6.27. The van der Waals surface area contributed by atoms with Crippen molar-refractivity contribution in [2.24, 2.45) is 0 Å². The van der Waals surface area contributed by atoms with Gasteiger partial charge in [-0.3, -0.25) is 13.9 Å². The third-order valence-electron chi connectivity index (χ3n) is 6.16. The molecule has 0 heterocycles. The molecule has 39 heavy (non-hydrogen) atoms. The van der Waals surface area contributed by atoms with Crippen LogP contribution in [-0.4, -0.2) is 57.6 Å². The molecule has 0 saturated carbocycles. The van der Waals surface area contributed by atoms with E-state index in [1.165, 1.54) is 30.2 Å². The Hall–Kier alpha value is -3.56. The maximum absolute atomic E-state index is 14.0. The number of rotatable bonds is 12. The number of methoxy groups -OCH3 is 1. The van der Waals surface area contributed by atoms with Crippen molar-refractivity contribution in [2.75, 3.05) is 30.8 Å². The second-order valence-corrected chi connectivity index (χ2v) is 11.5. The van der Waals surface area contributed by atoms with E-state index in [1.807, 2.05) is 68.4 Å². The summed E-state index contributed by atoms with van der Waals surface area (Å²) in [5.41, 5.74) is 2.91. The number of anilines is 1. The lowest BCUT2D eigenvalue weighted by Crippen LogP contribution is -2.53. The number of aryl methyl sites for hydroxylation is 1. The van der Waals surface area contributed by atoms with E-state index in [0.717, 1.165) is 27.3 Å². The number of ether oxygens (including phenoxy) is 1. The number of nitrogens with one attached hydrogen (secondary N) is 1. The van der Waals surface area contributed by atoms with Crippen LogP contribution in [0.1, 0.15) is 23.6 Å². The van der Waals surface area contributed by atoms with Gasteiger partial charge < -0.3 is 15.0 Å². The molecule has 2 amide bonds. The van der Waals surface area contributed by atoms with E-state index in [0.29, 0.717) is 12.3 Å². The van der Waals surface area contributed by atoms with Gasteiger partial charge in [0.15, 0.2) is 0 Å². The van der Waals surface area contributed by atoms with Gasteiger partial charge in [-0.25, -0.2) is 8.42 Å². The molecule has 0 aromatic heterocycles. The lowest BCUT2D eigenvalue weighted by molar-refractivity contribution is -0.140. The topological polar surface area (TPSA) is 96.0 Å². The van der Waals surface area contributed by atoms with Crippen LogP contribution in [0.2, 0.25) is 5.02 Å². The molecule has 208 valence electrons. The van der Waals surface area contributed by atoms with Crippen LogP contribution >= 0.6 is 11.6 Å². The van der Waals surface area contributed by atoms with E-state index < -0.39 is 28.5 Å². The van der Waals surface area contributed by atoms with Crippen LogP contribution in [0, 0.1) is 6.92 Å². The van der Waals surface area contributed by atoms with Gasteiger partial charge in [-0.05, 0) is 43.2 Å². The fraction of sp³-hybridized carbons (Fsp3) is 0.310. The number of sulfonamides is 1. The number of amides is 2. The van der Waals surface area contributed by atoms with Gasteiger partial charge in [0.1, 0.15) is 18.3 Å². The number of nitrogens with zero attached hydrogens (tertiary/aromatic N) is 2. The normalized spacial score (nSPS) is 11.9. The first kappa shape index (κ1) is 30.0. The van der Waals surface area contributed by atoms with Crippen molar-refractivity contribution in [2.45, 2.75) is 32.9 Å². The summed E-state index contributed by atoms with van der Waals surface area (Å²) < 4.78 is 31.9. The van der Waals surface area contributed by atoms with Crippen molar-refractivity contribution in [3.63, 3.8) is 0 Å². The van der Waals surface area contributed by atoms with Crippen molar-refractivity contribution >= 4 is 39.1 Å². The Morgan fingerprint density at radius 1 is 1.00 bits per heavy atom. The van der Waals surface area contributed by atoms with Crippen molar-refractivity contribution < 1.29 is 22.7 Å². The Morgan fingerprint density at radius 2 is 1.69 bits per heavy atom. The van der Waals surface area contributed by atoms with E-state index in [-0.39, 0.29) is 29.6 Å². The standard InChI is InChI=1S/C29H34ClN3O5S/c1-5-31-29(35)26(17-22-11-7-6-8-12-22)32(19-23-13-9-10-21(2)16-23)28(34)20-33(39(4,36)37)24-14-15-27(38-3)25(30)18-24/h6-16,18,26H,5,17,19-20H2,1-4H3,(H,31,35)/t26-/m1/s1. The highest BCUT2D eigenvalue weighted by Crippen LogP contribution is 2.30. The lowest BCUT2D eigenvalue weighted by atomic mass is 10.0. The van der Waals surface area contributed by atoms with Gasteiger partial charge in [0.05, 0.1) is 24.1 Å². The smallest absolute Gasteiger partial charge is 0.244 e. The van der Waals surface area contributed by atoms with Gasteiger partial charge in [0.25, 0.3) is 0 Å². The number of carbonyl (C=O) groups is 2. The Kier molecular flexibility index (Phi) is 10.4.